The van der Waals surface area contributed by atoms with E-state index in [-0.39, 0.29) is 23.8 Å². The Kier molecular flexibility index (Phi) is 3.71. The zero-order valence-electron chi connectivity index (χ0n) is 9.54. The van der Waals surface area contributed by atoms with Crippen LogP contribution < -0.4 is 10.5 Å². The van der Waals surface area contributed by atoms with Crippen LogP contribution in [0.4, 0.5) is 0 Å². The summed E-state index contributed by atoms with van der Waals surface area (Å²) in [5.74, 6) is 0.278. The van der Waals surface area contributed by atoms with Crippen LogP contribution in [-0.4, -0.2) is 29.0 Å². The molecule has 0 saturated carbocycles. The lowest BCUT2D eigenvalue weighted by Gasteiger charge is -2.06. The number of tetrazole rings is 1. The van der Waals surface area contributed by atoms with Gasteiger partial charge in [0.2, 0.25) is 10.0 Å². The van der Waals surface area contributed by atoms with E-state index in [9.17, 15) is 8.42 Å². The normalized spacial score (nSPS) is 11.9. The van der Waals surface area contributed by atoms with Gasteiger partial charge in [-0.25, -0.2) is 13.1 Å². The van der Waals surface area contributed by atoms with Crippen LogP contribution >= 0.6 is 11.3 Å². The van der Waals surface area contributed by atoms with E-state index in [1.165, 1.54) is 11.3 Å². The van der Waals surface area contributed by atoms with Gasteiger partial charge in [0.25, 0.3) is 0 Å². The summed E-state index contributed by atoms with van der Waals surface area (Å²) < 4.78 is 26.7. The van der Waals surface area contributed by atoms with Gasteiger partial charge in [0.05, 0.1) is 6.54 Å². The number of sulfonamides is 1. The van der Waals surface area contributed by atoms with E-state index >= 15 is 0 Å². The molecule has 0 spiro atoms. The van der Waals surface area contributed by atoms with Crippen molar-refractivity contribution in [3.8, 4) is 0 Å². The summed E-state index contributed by atoms with van der Waals surface area (Å²) in [5.41, 5.74) is 6.21. The highest BCUT2D eigenvalue weighted by molar-refractivity contribution is 7.89. The van der Waals surface area contributed by atoms with Crippen molar-refractivity contribution in [2.45, 2.75) is 24.9 Å². The molecule has 0 radical (unpaired) electrons. The Hall–Kier alpha value is -1.36. The van der Waals surface area contributed by atoms with Gasteiger partial charge in [0.15, 0.2) is 5.82 Å². The lowest BCUT2D eigenvalue weighted by molar-refractivity contribution is 0.578. The molecule has 2 aromatic heterocycles. The lowest BCUT2D eigenvalue weighted by Crippen LogP contribution is -2.25. The second-order valence-corrected chi connectivity index (χ2v) is 6.20. The highest BCUT2D eigenvalue weighted by Gasteiger charge is 2.22. The first kappa shape index (κ1) is 13.1. The topological polar surface area (TPSA) is 127 Å². The zero-order valence-corrected chi connectivity index (χ0v) is 11.2. The molecule has 0 atom stereocenters. The average Bonchev–Trinajstić information content (AvgIpc) is 2.95. The monoisotopic (exact) mass is 288 g/mol. The molecule has 10 heteroatoms. The van der Waals surface area contributed by atoms with E-state index < -0.39 is 10.0 Å². The molecule has 0 aliphatic rings. The molecule has 98 valence electrons. The van der Waals surface area contributed by atoms with Crippen molar-refractivity contribution in [1.29, 1.82) is 0 Å². The highest BCUT2D eigenvalue weighted by atomic mass is 32.2. The Morgan fingerprint density at radius 1 is 1.56 bits per heavy atom. The van der Waals surface area contributed by atoms with Crippen molar-refractivity contribution in [3.63, 3.8) is 0 Å². The minimum atomic E-state index is -3.61. The maximum Gasteiger partial charge on any atom is 0.242 e. The molecule has 0 fully saturated rings. The van der Waals surface area contributed by atoms with E-state index in [0.717, 1.165) is 0 Å². The number of nitrogens with zero attached hydrogens (tertiary/aromatic N) is 3. The van der Waals surface area contributed by atoms with Gasteiger partial charge in [0, 0.05) is 11.4 Å². The quantitative estimate of drug-likeness (QED) is 0.681. The predicted octanol–water partition coefficient (Wildman–Crippen LogP) is -0.493. The van der Waals surface area contributed by atoms with Crippen LogP contribution in [0.1, 0.15) is 16.3 Å². The first-order valence-corrected chi connectivity index (χ1v) is 7.40. The van der Waals surface area contributed by atoms with Gasteiger partial charge in [0.1, 0.15) is 4.90 Å². The number of nitrogens with two attached hydrogens (primary N) is 1. The average molecular weight is 288 g/mol. The van der Waals surface area contributed by atoms with Gasteiger partial charge < -0.3 is 5.73 Å². The molecule has 0 aliphatic carbocycles. The molecule has 0 unspecified atom stereocenters. The van der Waals surface area contributed by atoms with Crippen LogP contribution in [0.2, 0.25) is 0 Å². The van der Waals surface area contributed by atoms with E-state index in [1.54, 1.807) is 12.3 Å². The molecule has 0 bridgehead atoms. The minimum absolute atomic E-state index is 0.0157. The van der Waals surface area contributed by atoms with E-state index in [4.69, 9.17) is 5.73 Å². The predicted molar refractivity (Wildman–Crippen MR) is 65.2 cm³/mol. The Bertz CT molecular complexity index is 618. The third-order valence-corrected chi connectivity index (χ3v) is 5.14. The molecule has 0 aromatic carbocycles. The first-order chi connectivity index (χ1) is 8.54. The van der Waals surface area contributed by atoms with Crippen LogP contribution in [0.3, 0.4) is 0 Å². The number of rotatable bonds is 5. The number of hydrogen-bond acceptors (Lipinski definition) is 7. The lowest BCUT2D eigenvalue weighted by atomic mass is 10.3. The standard InChI is InChI=1S/C8H12N6O2S2/c1-5-4-17-6(2-9)8(5)18(15,16)10-3-7-11-13-14-12-7/h4,10H,2-3,9H2,1H3,(H,11,12,13,14). The number of H-pyrrole nitrogens is 1. The minimum Gasteiger partial charge on any atom is -0.326 e. The number of aromatic amines is 1. The largest absolute Gasteiger partial charge is 0.326 e. The SMILES string of the molecule is Cc1csc(CN)c1S(=O)(=O)NCc1nn[nH]n1. The second-order valence-electron chi connectivity index (χ2n) is 3.53. The number of thiophene rings is 1. The molecule has 2 heterocycles. The molecular weight excluding hydrogens is 276 g/mol. The Morgan fingerprint density at radius 2 is 2.33 bits per heavy atom. The van der Waals surface area contributed by atoms with Gasteiger partial charge >= 0.3 is 0 Å². The third-order valence-electron chi connectivity index (χ3n) is 2.25. The maximum atomic E-state index is 12.1. The smallest absolute Gasteiger partial charge is 0.242 e. The molecule has 2 rings (SSSR count). The molecule has 0 aliphatic heterocycles. The number of nitrogens with one attached hydrogen (secondary N) is 2. The highest BCUT2D eigenvalue weighted by Crippen LogP contribution is 2.26. The fraction of sp³-hybridized carbons (Fsp3) is 0.375. The summed E-state index contributed by atoms with van der Waals surface area (Å²) in [5, 5.41) is 14.7. The van der Waals surface area contributed by atoms with Crippen LogP contribution in [0, 0.1) is 6.92 Å². The van der Waals surface area contributed by atoms with Crippen molar-refractivity contribution < 1.29 is 8.42 Å². The third kappa shape index (κ3) is 2.56. The van der Waals surface area contributed by atoms with Gasteiger partial charge in [-0.05, 0) is 17.9 Å². The number of aromatic nitrogens is 4. The summed E-state index contributed by atoms with van der Waals surface area (Å²) in [6.07, 6.45) is 0. The van der Waals surface area contributed by atoms with Gasteiger partial charge in [-0.1, -0.05) is 5.21 Å². The van der Waals surface area contributed by atoms with Crippen LogP contribution in [-0.2, 0) is 23.1 Å². The molecule has 2 aromatic rings. The molecule has 8 nitrogen and oxygen atoms in total. The van der Waals surface area contributed by atoms with Crippen molar-refractivity contribution in [2.75, 3.05) is 0 Å². The Morgan fingerprint density at radius 3 is 2.94 bits per heavy atom. The van der Waals surface area contributed by atoms with Crippen LogP contribution in [0.5, 0.6) is 0 Å². The van der Waals surface area contributed by atoms with Crippen molar-refractivity contribution >= 4 is 21.4 Å². The van der Waals surface area contributed by atoms with Gasteiger partial charge in [-0.15, -0.1) is 21.5 Å². The van der Waals surface area contributed by atoms with E-state index in [1.807, 2.05) is 0 Å². The van der Waals surface area contributed by atoms with E-state index in [2.05, 4.69) is 25.3 Å². The van der Waals surface area contributed by atoms with Crippen molar-refractivity contribution in [3.05, 3.63) is 21.6 Å². The summed E-state index contributed by atoms with van der Waals surface area (Å²) >= 11 is 1.33. The summed E-state index contributed by atoms with van der Waals surface area (Å²) in [7, 11) is -3.61. The summed E-state index contributed by atoms with van der Waals surface area (Å²) in [4.78, 5) is 0.881. The fourth-order valence-electron chi connectivity index (χ4n) is 1.48. The fourth-order valence-corrected chi connectivity index (χ4v) is 4.16. The van der Waals surface area contributed by atoms with Crippen LogP contribution in [0.15, 0.2) is 10.3 Å². The summed E-state index contributed by atoms with van der Waals surface area (Å²) in [6.45, 7) is 1.91. The van der Waals surface area contributed by atoms with Crippen molar-refractivity contribution in [2.24, 2.45) is 5.73 Å². The Balaban J connectivity index is 2.22. The van der Waals surface area contributed by atoms with Crippen molar-refractivity contribution in [1.82, 2.24) is 25.3 Å². The van der Waals surface area contributed by atoms with Gasteiger partial charge in [-0.2, -0.15) is 5.21 Å². The second kappa shape index (κ2) is 5.10. The number of aryl methyl sites for hydroxylation is 1. The Labute approximate surface area is 108 Å². The molecule has 4 N–H and O–H groups in total. The van der Waals surface area contributed by atoms with E-state index in [0.29, 0.717) is 10.4 Å². The first-order valence-electron chi connectivity index (χ1n) is 5.03. The molecule has 0 amide bonds. The van der Waals surface area contributed by atoms with Gasteiger partial charge in [-0.3, -0.25) is 0 Å². The molecule has 18 heavy (non-hydrogen) atoms. The summed E-state index contributed by atoms with van der Waals surface area (Å²) in [6, 6.07) is 0. The molecule has 0 saturated heterocycles. The number of hydrogen-bond donors (Lipinski definition) is 3. The molecular formula is C8H12N6O2S2. The van der Waals surface area contributed by atoms with Crippen LogP contribution in [0.25, 0.3) is 0 Å². The zero-order chi connectivity index (χ0) is 13.2. The maximum absolute atomic E-state index is 12.1.